The zero-order chi connectivity index (χ0) is 15.4. The lowest BCUT2D eigenvalue weighted by atomic mass is 10.1. The number of carbonyl (C=O) groups is 2. The summed E-state index contributed by atoms with van der Waals surface area (Å²) in [5.74, 6) is -0.458. The van der Waals surface area contributed by atoms with E-state index in [2.05, 4.69) is 12.2 Å². The summed E-state index contributed by atoms with van der Waals surface area (Å²) < 4.78 is 0. The van der Waals surface area contributed by atoms with E-state index in [9.17, 15) is 14.7 Å². The fourth-order valence-electron chi connectivity index (χ4n) is 2.16. The molecule has 2 amide bonds. The molecular formula is C14H18N2O4S. The van der Waals surface area contributed by atoms with Gasteiger partial charge in [0.2, 0.25) is 0 Å². The number of thioether (sulfide) groups is 1. The number of aromatic carboxylic acids is 1. The van der Waals surface area contributed by atoms with Crippen molar-refractivity contribution in [2.75, 3.05) is 24.2 Å². The minimum atomic E-state index is -1.19. The average molecular weight is 310 g/mol. The number of carboxylic acids is 1. The Morgan fingerprint density at radius 1 is 1.48 bits per heavy atom. The number of benzene rings is 1. The lowest BCUT2D eigenvalue weighted by molar-refractivity contribution is 0.0697. The minimum Gasteiger partial charge on any atom is -0.508 e. The van der Waals surface area contributed by atoms with E-state index in [4.69, 9.17) is 5.11 Å². The van der Waals surface area contributed by atoms with Crippen LogP contribution in [0, 0.1) is 0 Å². The zero-order valence-electron chi connectivity index (χ0n) is 11.7. The van der Waals surface area contributed by atoms with E-state index in [1.165, 1.54) is 12.1 Å². The fourth-order valence-corrected chi connectivity index (χ4v) is 3.34. The summed E-state index contributed by atoms with van der Waals surface area (Å²) in [7, 11) is 0. The highest BCUT2D eigenvalue weighted by Crippen LogP contribution is 2.24. The van der Waals surface area contributed by atoms with Crippen molar-refractivity contribution >= 4 is 29.4 Å². The molecule has 0 spiro atoms. The minimum absolute atomic E-state index is 0.123. The number of phenols is 1. The maximum absolute atomic E-state index is 12.2. The van der Waals surface area contributed by atoms with Gasteiger partial charge in [-0.2, -0.15) is 11.8 Å². The van der Waals surface area contributed by atoms with Gasteiger partial charge in [-0.15, -0.1) is 0 Å². The second-order valence-electron chi connectivity index (χ2n) is 4.81. The highest BCUT2D eigenvalue weighted by molar-refractivity contribution is 8.00. The van der Waals surface area contributed by atoms with Crippen molar-refractivity contribution < 1.29 is 19.8 Å². The number of hydrogen-bond donors (Lipinski definition) is 3. The number of nitrogens with one attached hydrogen (secondary N) is 1. The molecule has 1 aliphatic heterocycles. The van der Waals surface area contributed by atoms with Gasteiger partial charge in [-0.25, -0.2) is 9.59 Å². The van der Waals surface area contributed by atoms with Gasteiger partial charge in [0.1, 0.15) is 5.75 Å². The van der Waals surface area contributed by atoms with Crippen LogP contribution < -0.4 is 5.32 Å². The maximum Gasteiger partial charge on any atom is 0.337 e. The predicted molar refractivity (Wildman–Crippen MR) is 82.2 cm³/mol. The van der Waals surface area contributed by atoms with Gasteiger partial charge in [-0.3, -0.25) is 0 Å². The molecule has 1 unspecified atom stereocenters. The second kappa shape index (κ2) is 6.71. The Kier molecular flexibility index (Phi) is 4.95. The van der Waals surface area contributed by atoms with Crippen molar-refractivity contribution in [3.05, 3.63) is 23.8 Å². The Morgan fingerprint density at radius 3 is 2.90 bits per heavy atom. The molecule has 1 atom stereocenters. The smallest absolute Gasteiger partial charge is 0.337 e. The predicted octanol–water partition coefficient (Wildman–Crippen LogP) is 2.45. The topological polar surface area (TPSA) is 89.9 Å². The first-order valence-electron chi connectivity index (χ1n) is 6.75. The average Bonchev–Trinajstić information content (AvgIpc) is 2.48. The van der Waals surface area contributed by atoms with Gasteiger partial charge in [0, 0.05) is 24.1 Å². The second-order valence-corrected chi connectivity index (χ2v) is 6.22. The normalized spacial score (nSPS) is 18.3. The van der Waals surface area contributed by atoms with E-state index in [0.29, 0.717) is 18.3 Å². The van der Waals surface area contributed by atoms with E-state index < -0.39 is 5.97 Å². The number of aromatic hydroxyl groups is 1. The molecule has 21 heavy (non-hydrogen) atoms. The Balaban J connectivity index is 2.11. The van der Waals surface area contributed by atoms with Gasteiger partial charge in [-0.05, 0) is 24.6 Å². The SMILES string of the molecule is CCC1CN(C(=O)Nc2ccc(O)cc2C(=O)O)CCS1. The number of amides is 2. The number of phenolic OH excluding ortho intramolecular Hbond substituents is 1. The van der Waals surface area contributed by atoms with Gasteiger partial charge in [0.15, 0.2) is 0 Å². The molecule has 114 valence electrons. The molecule has 0 saturated carbocycles. The molecule has 6 nitrogen and oxygen atoms in total. The molecule has 1 saturated heterocycles. The summed E-state index contributed by atoms with van der Waals surface area (Å²) in [6, 6.07) is 3.57. The van der Waals surface area contributed by atoms with Gasteiger partial charge in [0.25, 0.3) is 0 Å². The number of carboxylic acid groups (broad SMARTS) is 1. The Morgan fingerprint density at radius 2 is 2.24 bits per heavy atom. The molecule has 1 heterocycles. The molecule has 0 radical (unpaired) electrons. The van der Waals surface area contributed by atoms with Gasteiger partial charge < -0.3 is 20.4 Å². The molecule has 2 rings (SSSR count). The summed E-state index contributed by atoms with van der Waals surface area (Å²) in [4.78, 5) is 25.1. The molecule has 1 fully saturated rings. The van der Waals surface area contributed by atoms with E-state index in [1.807, 2.05) is 11.8 Å². The molecule has 3 N–H and O–H groups in total. The lowest BCUT2D eigenvalue weighted by Gasteiger charge is -2.32. The third-order valence-corrected chi connectivity index (χ3v) is 4.73. The first-order chi connectivity index (χ1) is 10.0. The summed E-state index contributed by atoms with van der Waals surface area (Å²) in [6.07, 6.45) is 0.994. The van der Waals surface area contributed by atoms with E-state index >= 15 is 0 Å². The van der Waals surface area contributed by atoms with Gasteiger partial charge >= 0.3 is 12.0 Å². The number of hydrogen-bond acceptors (Lipinski definition) is 4. The van der Waals surface area contributed by atoms with Crippen LogP contribution in [-0.4, -0.2) is 51.2 Å². The number of anilines is 1. The van der Waals surface area contributed by atoms with E-state index in [1.54, 1.807) is 4.90 Å². The van der Waals surface area contributed by atoms with Crippen LogP contribution in [0.15, 0.2) is 18.2 Å². The Bertz CT molecular complexity index is 550. The molecular weight excluding hydrogens is 292 g/mol. The molecule has 1 aromatic carbocycles. The summed E-state index contributed by atoms with van der Waals surface area (Å²) >= 11 is 1.85. The monoisotopic (exact) mass is 310 g/mol. The highest BCUT2D eigenvalue weighted by atomic mass is 32.2. The highest BCUT2D eigenvalue weighted by Gasteiger charge is 2.24. The number of rotatable bonds is 3. The molecule has 7 heteroatoms. The summed E-state index contributed by atoms with van der Waals surface area (Å²) in [5.41, 5.74) is 0.0679. The fraction of sp³-hybridized carbons (Fsp3) is 0.429. The largest absolute Gasteiger partial charge is 0.508 e. The van der Waals surface area contributed by atoms with Crippen LogP contribution in [0.4, 0.5) is 10.5 Å². The van der Waals surface area contributed by atoms with Crippen molar-refractivity contribution in [1.29, 1.82) is 0 Å². The van der Waals surface area contributed by atoms with Crippen LogP contribution in [0.1, 0.15) is 23.7 Å². The van der Waals surface area contributed by atoms with E-state index in [-0.39, 0.29) is 23.0 Å². The lowest BCUT2D eigenvalue weighted by Crippen LogP contribution is -2.44. The first-order valence-corrected chi connectivity index (χ1v) is 7.80. The molecule has 0 aliphatic carbocycles. The van der Waals surface area contributed by atoms with E-state index in [0.717, 1.165) is 18.2 Å². The summed E-state index contributed by atoms with van der Waals surface area (Å²) in [6.45, 7) is 3.39. The van der Waals surface area contributed by atoms with Crippen LogP contribution in [0.3, 0.4) is 0 Å². The first kappa shape index (κ1) is 15.5. The van der Waals surface area contributed by atoms with Crippen molar-refractivity contribution in [3.8, 4) is 5.75 Å². The number of nitrogens with zero attached hydrogens (tertiary/aromatic N) is 1. The van der Waals surface area contributed by atoms with Crippen LogP contribution in [0.5, 0.6) is 5.75 Å². The molecule has 0 bridgehead atoms. The quantitative estimate of drug-likeness (QED) is 0.746. The molecule has 1 aliphatic rings. The number of urea groups is 1. The maximum atomic E-state index is 12.2. The van der Waals surface area contributed by atoms with Crippen LogP contribution in [0.2, 0.25) is 0 Å². The Hall–Kier alpha value is -1.89. The van der Waals surface area contributed by atoms with Crippen LogP contribution in [0.25, 0.3) is 0 Å². The standard InChI is InChI=1S/C14H18N2O4S/c1-2-10-8-16(5-6-21-10)14(20)15-12-4-3-9(17)7-11(12)13(18)19/h3-4,7,10,17H,2,5-6,8H2,1H3,(H,15,20)(H,18,19). The zero-order valence-corrected chi connectivity index (χ0v) is 12.5. The van der Waals surface area contributed by atoms with Crippen molar-refractivity contribution in [3.63, 3.8) is 0 Å². The number of carbonyl (C=O) groups excluding carboxylic acids is 1. The Labute approximate surface area is 127 Å². The molecule has 0 aromatic heterocycles. The third kappa shape index (κ3) is 3.81. The van der Waals surface area contributed by atoms with Gasteiger partial charge in [-0.1, -0.05) is 6.92 Å². The summed E-state index contributed by atoms with van der Waals surface area (Å²) in [5, 5.41) is 21.5. The molecule has 1 aromatic rings. The van der Waals surface area contributed by atoms with Crippen LogP contribution in [-0.2, 0) is 0 Å². The van der Waals surface area contributed by atoms with Crippen molar-refractivity contribution in [1.82, 2.24) is 4.90 Å². The van der Waals surface area contributed by atoms with Gasteiger partial charge in [0.05, 0.1) is 11.3 Å². The van der Waals surface area contributed by atoms with Crippen molar-refractivity contribution in [2.24, 2.45) is 0 Å². The van der Waals surface area contributed by atoms with Crippen LogP contribution >= 0.6 is 11.8 Å². The third-order valence-electron chi connectivity index (χ3n) is 3.36. The van der Waals surface area contributed by atoms with Crippen molar-refractivity contribution in [2.45, 2.75) is 18.6 Å².